The number of fused-ring (bicyclic) bond motifs is 7. The fourth-order valence-electron chi connectivity index (χ4n) is 13.3. The minimum Gasteiger partial charge on any atom is -0.396 e. The second-order valence-corrected chi connectivity index (χ2v) is 19.3. The minimum atomic E-state index is -0.232. The summed E-state index contributed by atoms with van der Waals surface area (Å²) >= 11 is 0. The molecule has 0 amide bonds. The van der Waals surface area contributed by atoms with Crippen LogP contribution in [0.1, 0.15) is 124 Å². The van der Waals surface area contributed by atoms with Gasteiger partial charge in [0.2, 0.25) is 0 Å². The van der Waals surface area contributed by atoms with Gasteiger partial charge in [0.1, 0.15) is 0 Å². The molecular formula is C45H64O3. The van der Waals surface area contributed by atoms with E-state index in [1.165, 1.54) is 56.1 Å². The van der Waals surface area contributed by atoms with Crippen molar-refractivity contribution in [2.24, 2.45) is 50.2 Å². The zero-order valence-electron chi connectivity index (χ0n) is 31.4. The van der Waals surface area contributed by atoms with E-state index in [0.717, 1.165) is 12.8 Å². The number of rotatable bonds is 7. The van der Waals surface area contributed by atoms with Crippen LogP contribution in [0.2, 0.25) is 0 Å². The number of aliphatic hydroxyl groups is 1. The van der Waals surface area contributed by atoms with E-state index in [2.05, 4.69) is 122 Å². The van der Waals surface area contributed by atoms with Gasteiger partial charge in [-0.15, -0.1) is 0 Å². The lowest BCUT2D eigenvalue weighted by Crippen LogP contribution is -2.67. The van der Waals surface area contributed by atoms with Crippen molar-refractivity contribution < 1.29 is 14.6 Å². The van der Waals surface area contributed by atoms with Gasteiger partial charge in [0.05, 0.1) is 31.5 Å². The first-order valence-corrected chi connectivity index (χ1v) is 19.3. The Bertz CT molecular complexity index is 1500. The molecule has 7 rings (SSSR count). The number of allylic oxidation sites excluding steroid dienone is 2. The molecular weight excluding hydrogens is 588 g/mol. The molecule has 0 spiro atoms. The first kappa shape index (κ1) is 34.5. The molecule has 48 heavy (non-hydrogen) atoms. The number of aliphatic hydroxyl groups excluding tert-OH is 1. The van der Waals surface area contributed by atoms with E-state index in [1.54, 1.807) is 5.57 Å². The maximum absolute atomic E-state index is 11.1. The standard InChI is InChI=1S/C45H64O3/c1-39(2)27-35-34-19-20-37-40(3)23-22-38(47-28-32-15-11-9-12-16-32)41(4,31-46)36(40)21-24-44(37,7)42(34,5)25-26-43(35,6)45(8,30-39)48-29-33-17-13-10-14-18-33/h9-19,35-38,46H,20-31H2,1-8H3/t35-,36-,37-,38+,40+,41-,42-,43-,44-,45-/m1/s1. The second kappa shape index (κ2) is 11.8. The summed E-state index contributed by atoms with van der Waals surface area (Å²) in [5, 5.41) is 11.1. The van der Waals surface area contributed by atoms with Gasteiger partial charge in [0.15, 0.2) is 0 Å². The Kier molecular flexibility index (Phi) is 8.49. The SMILES string of the molecule is CC1(C)C[C@@H]2C3=CC[C@@H]4[C@@]5(C)CC[C@H](OCc6ccccc6)[C@](C)(CO)[C@@H]5CC[C@@]4(C)[C@]3(C)CC[C@@]2(C)[C@](C)(OCc2ccccc2)C1. The Morgan fingerprint density at radius 1 is 0.708 bits per heavy atom. The van der Waals surface area contributed by atoms with Gasteiger partial charge in [-0.05, 0) is 115 Å². The third-order valence-corrected chi connectivity index (χ3v) is 16.4. The molecule has 0 saturated heterocycles. The molecule has 0 heterocycles. The molecule has 2 aromatic rings. The monoisotopic (exact) mass is 652 g/mol. The lowest BCUT2D eigenvalue weighted by Gasteiger charge is -2.72. The van der Waals surface area contributed by atoms with Crippen LogP contribution in [-0.2, 0) is 22.7 Å². The second-order valence-electron chi connectivity index (χ2n) is 19.3. The summed E-state index contributed by atoms with van der Waals surface area (Å²) in [7, 11) is 0. The molecule has 0 unspecified atom stereocenters. The summed E-state index contributed by atoms with van der Waals surface area (Å²) < 4.78 is 13.8. The van der Waals surface area contributed by atoms with Gasteiger partial charge in [-0.3, -0.25) is 0 Å². The van der Waals surface area contributed by atoms with Gasteiger partial charge in [-0.2, -0.15) is 0 Å². The average molecular weight is 653 g/mol. The Labute approximate surface area is 292 Å². The first-order chi connectivity index (χ1) is 22.6. The molecule has 5 aliphatic rings. The van der Waals surface area contributed by atoms with Crippen LogP contribution < -0.4 is 0 Å². The summed E-state index contributed by atoms with van der Waals surface area (Å²) in [5.74, 6) is 1.60. The van der Waals surface area contributed by atoms with Crippen LogP contribution in [0.25, 0.3) is 0 Å². The van der Waals surface area contributed by atoms with Crippen LogP contribution in [0.5, 0.6) is 0 Å². The molecule has 0 bridgehead atoms. The largest absolute Gasteiger partial charge is 0.396 e. The quantitative estimate of drug-likeness (QED) is 0.303. The highest BCUT2D eigenvalue weighted by Crippen LogP contribution is 2.76. The number of ether oxygens (including phenoxy) is 2. The van der Waals surface area contributed by atoms with Crippen molar-refractivity contribution in [3.63, 3.8) is 0 Å². The summed E-state index contributed by atoms with van der Waals surface area (Å²) in [6.45, 7) is 21.9. The van der Waals surface area contributed by atoms with Gasteiger partial charge in [-0.1, -0.05) is 121 Å². The zero-order valence-corrected chi connectivity index (χ0v) is 31.4. The van der Waals surface area contributed by atoms with E-state index >= 15 is 0 Å². The Hall–Kier alpha value is -1.94. The van der Waals surface area contributed by atoms with E-state index < -0.39 is 0 Å². The third-order valence-electron chi connectivity index (χ3n) is 16.4. The smallest absolute Gasteiger partial charge is 0.0724 e. The number of hydrogen-bond acceptors (Lipinski definition) is 3. The van der Waals surface area contributed by atoms with Crippen molar-refractivity contribution in [1.82, 2.24) is 0 Å². The Balaban J connectivity index is 1.19. The first-order valence-electron chi connectivity index (χ1n) is 19.3. The lowest BCUT2D eigenvalue weighted by atomic mass is 9.33. The Morgan fingerprint density at radius 3 is 2.00 bits per heavy atom. The molecule has 4 saturated carbocycles. The van der Waals surface area contributed by atoms with E-state index in [4.69, 9.17) is 9.47 Å². The lowest BCUT2D eigenvalue weighted by molar-refractivity contribution is -0.240. The number of hydrogen-bond donors (Lipinski definition) is 1. The molecule has 5 aliphatic carbocycles. The van der Waals surface area contributed by atoms with Crippen molar-refractivity contribution in [2.75, 3.05) is 6.61 Å². The molecule has 0 radical (unpaired) electrons. The highest BCUT2D eigenvalue weighted by Gasteiger charge is 2.70. The maximum atomic E-state index is 11.1. The molecule has 10 atom stereocenters. The maximum Gasteiger partial charge on any atom is 0.0724 e. The summed E-state index contributed by atoms with van der Waals surface area (Å²) in [6.07, 6.45) is 13.5. The molecule has 3 heteroatoms. The van der Waals surface area contributed by atoms with E-state index in [0.29, 0.717) is 31.0 Å². The molecule has 0 aliphatic heterocycles. The van der Waals surface area contributed by atoms with Crippen LogP contribution in [0.15, 0.2) is 72.3 Å². The van der Waals surface area contributed by atoms with Gasteiger partial charge < -0.3 is 14.6 Å². The van der Waals surface area contributed by atoms with Gasteiger partial charge in [0.25, 0.3) is 0 Å². The van der Waals surface area contributed by atoms with Crippen molar-refractivity contribution in [3.05, 3.63) is 83.4 Å². The summed E-state index contributed by atoms with van der Waals surface area (Å²) in [6, 6.07) is 21.3. The van der Waals surface area contributed by atoms with E-state index in [9.17, 15) is 5.11 Å². The summed E-state index contributed by atoms with van der Waals surface area (Å²) in [5.41, 5.74) is 4.77. The predicted octanol–water partition coefficient (Wildman–Crippen LogP) is 11.0. The highest BCUT2D eigenvalue weighted by molar-refractivity contribution is 5.35. The van der Waals surface area contributed by atoms with Crippen LogP contribution in [-0.4, -0.2) is 23.4 Å². The molecule has 0 aromatic heterocycles. The fourth-order valence-corrected chi connectivity index (χ4v) is 13.3. The highest BCUT2D eigenvalue weighted by atomic mass is 16.5. The topological polar surface area (TPSA) is 38.7 Å². The van der Waals surface area contributed by atoms with E-state index in [1.807, 2.05) is 0 Å². The third kappa shape index (κ3) is 5.06. The van der Waals surface area contributed by atoms with Gasteiger partial charge >= 0.3 is 0 Å². The van der Waals surface area contributed by atoms with Gasteiger partial charge in [0, 0.05) is 10.8 Å². The summed E-state index contributed by atoms with van der Waals surface area (Å²) in [4.78, 5) is 0. The van der Waals surface area contributed by atoms with Crippen molar-refractivity contribution in [2.45, 2.75) is 138 Å². The average Bonchev–Trinajstić information content (AvgIpc) is 3.05. The van der Waals surface area contributed by atoms with Crippen LogP contribution in [0.3, 0.4) is 0 Å². The normalized spacial score (nSPS) is 44.8. The van der Waals surface area contributed by atoms with Crippen molar-refractivity contribution >= 4 is 0 Å². The predicted molar refractivity (Wildman–Crippen MR) is 196 cm³/mol. The molecule has 2 aromatic carbocycles. The minimum absolute atomic E-state index is 0.0869. The molecule has 3 nitrogen and oxygen atoms in total. The van der Waals surface area contributed by atoms with Crippen molar-refractivity contribution in [1.29, 1.82) is 0 Å². The Morgan fingerprint density at radius 2 is 1.35 bits per heavy atom. The van der Waals surface area contributed by atoms with Crippen LogP contribution in [0, 0.1) is 50.2 Å². The van der Waals surface area contributed by atoms with Crippen molar-refractivity contribution in [3.8, 4) is 0 Å². The molecule has 262 valence electrons. The fraction of sp³-hybridized carbons (Fsp3) is 0.689. The van der Waals surface area contributed by atoms with E-state index in [-0.39, 0.29) is 50.8 Å². The van der Waals surface area contributed by atoms with Crippen LogP contribution >= 0.6 is 0 Å². The molecule has 1 N–H and O–H groups in total. The van der Waals surface area contributed by atoms with Crippen LogP contribution in [0.4, 0.5) is 0 Å². The van der Waals surface area contributed by atoms with Gasteiger partial charge in [-0.25, -0.2) is 0 Å². The number of benzene rings is 2. The molecule has 4 fully saturated rings. The zero-order chi connectivity index (χ0) is 34.2.